The monoisotopic (exact) mass is 343 g/mol. The summed E-state index contributed by atoms with van der Waals surface area (Å²) in [5, 5.41) is 4.98. The molecule has 6 nitrogen and oxygen atoms in total. The number of carbonyl (C=O) groups is 3. The topological polar surface area (TPSA) is 79.4 Å². The van der Waals surface area contributed by atoms with E-state index >= 15 is 0 Å². The summed E-state index contributed by atoms with van der Waals surface area (Å²) >= 11 is 1.31. The van der Waals surface area contributed by atoms with Gasteiger partial charge in [0.25, 0.3) is 0 Å². The summed E-state index contributed by atoms with van der Waals surface area (Å²) in [7, 11) is 0. The summed E-state index contributed by atoms with van der Waals surface area (Å²) in [5.41, 5.74) is 4.11. The molecule has 0 radical (unpaired) electrons. The SMILES string of the molecule is Cc1ccc(-c2csc(NC(=O)CN3C(=O)CCC3=O)n2)c(C)c1. The van der Waals surface area contributed by atoms with E-state index in [2.05, 4.69) is 16.4 Å². The van der Waals surface area contributed by atoms with Gasteiger partial charge in [-0.15, -0.1) is 11.3 Å². The number of hydrogen-bond acceptors (Lipinski definition) is 5. The summed E-state index contributed by atoms with van der Waals surface area (Å²) in [6.45, 7) is 3.80. The maximum absolute atomic E-state index is 12.0. The molecular formula is C17H17N3O3S. The number of likely N-dealkylation sites (tertiary alicyclic amines) is 1. The van der Waals surface area contributed by atoms with E-state index in [0.717, 1.165) is 21.7 Å². The van der Waals surface area contributed by atoms with Crippen LogP contribution in [-0.4, -0.2) is 34.2 Å². The minimum absolute atomic E-state index is 0.181. The molecule has 1 fully saturated rings. The van der Waals surface area contributed by atoms with Gasteiger partial charge in [0.05, 0.1) is 5.69 Å². The number of nitrogens with zero attached hydrogens (tertiary/aromatic N) is 2. The Balaban J connectivity index is 1.68. The minimum atomic E-state index is -0.417. The lowest BCUT2D eigenvalue weighted by Gasteiger charge is -2.12. The highest BCUT2D eigenvalue weighted by atomic mass is 32.1. The molecule has 1 saturated heterocycles. The predicted molar refractivity (Wildman–Crippen MR) is 91.6 cm³/mol. The third-order valence-corrected chi connectivity index (χ3v) is 4.62. The number of nitrogens with one attached hydrogen (secondary N) is 1. The van der Waals surface area contributed by atoms with E-state index in [4.69, 9.17) is 0 Å². The lowest BCUT2D eigenvalue weighted by atomic mass is 10.0. The molecule has 7 heteroatoms. The number of rotatable bonds is 4. The van der Waals surface area contributed by atoms with Crippen molar-refractivity contribution < 1.29 is 14.4 Å². The summed E-state index contributed by atoms with van der Waals surface area (Å²) in [5.74, 6) is -1.02. The Labute approximate surface area is 143 Å². The standard InChI is InChI=1S/C17H17N3O3S/c1-10-3-4-12(11(2)7-10)13-9-24-17(18-13)19-14(21)8-20-15(22)5-6-16(20)23/h3-4,7,9H,5-6,8H2,1-2H3,(H,18,19,21). The fraction of sp³-hybridized carbons (Fsp3) is 0.294. The molecule has 2 aromatic rings. The van der Waals surface area contributed by atoms with Gasteiger partial charge in [0, 0.05) is 23.8 Å². The lowest BCUT2D eigenvalue weighted by molar-refractivity contribution is -0.141. The molecule has 1 aliphatic heterocycles. The van der Waals surface area contributed by atoms with Gasteiger partial charge in [0.15, 0.2) is 5.13 Å². The average Bonchev–Trinajstić information content (AvgIpc) is 3.09. The summed E-state index contributed by atoms with van der Waals surface area (Å²) in [6.07, 6.45) is 0.362. The van der Waals surface area contributed by atoms with Crippen molar-refractivity contribution >= 4 is 34.2 Å². The average molecular weight is 343 g/mol. The molecule has 0 saturated carbocycles. The van der Waals surface area contributed by atoms with Crippen LogP contribution < -0.4 is 5.32 Å². The van der Waals surface area contributed by atoms with Gasteiger partial charge in [0.1, 0.15) is 6.54 Å². The van der Waals surface area contributed by atoms with Crippen molar-refractivity contribution in [3.63, 3.8) is 0 Å². The second-order valence-corrected chi connectivity index (χ2v) is 6.64. The van der Waals surface area contributed by atoms with Gasteiger partial charge in [-0.25, -0.2) is 4.98 Å². The van der Waals surface area contributed by atoms with Gasteiger partial charge < -0.3 is 5.32 Å². The molecule has 3 rings (SSSR count). The largest absolute Gasteiger partial charge is 0.300 e. The van der Waals surface area contributed by atoms with Crippen LogP contribution in [0.3, 0.4) is 0 Å². The number of hydrogen-bond donors (Lipinski definition) is 1. The maximum atomic E-state index is 12.0. The second-order valence-electron chi connectivity index (χ2n) is 5.78. The smallest absolute Gasteiger partial charge is 0.246 e. The first-order valence-electron chi connectivity index (χ1n) is 7.60. The number of thiazole rings is 1. The van der Waals surface area contributed by atoms with Crippen LogP contribution in [0.1, 0.15) is 24.0 Å². The number of carbonyl (C=O) groups excluding carboxylic acids is 3. The zero-order valence-electron chi connectivity index (χ0n) is 13.5. The first kappa shape index (κ1) is 16.3. The fourth-order valence-corrected chi connectivity index (χ4v) is 3.38. The lowest BCUT2D eigenvalue weighted by Crippen LogP contribution is -2.36. The molecule has 0 atom stereocenters. The molecule has 0 bridgehead atoms. The predicted octanol–water partition coefficient (Wildman–Crippen LogP) is 2.51. The zero-order chi connectivity index (χ0) is 17.3. The van der Waals surface area contributed by atoms with Crippen LogP contribution in [0, 0.1) is 13.8 Å². The molecule has 0 unspecified atom stereocenters. The molecule has 1 aromatic heterocycles. The molecule has 2 heterocycles. The van der Waals surface area contributed by atoms with Gasteiger partial charge in [0.2, 0.25) is 17.7 Å². The highest BCUT2D eigenvalue weighted by Crippen LogP contribution is 2.28. The number of benzene rings is 1. The highest BCUT2D eigenvalue weighted by Gasteiger charge is 2.30. The molecule has 1 aromatic carbocycles. The van der Waals surface area contributed by atoms with Crippen molar-refractivity contribution in [3.05, 3.63) is 34.7 Å². The van der Waals surface area contributed by atoms with E-state index in [0.29, 0.717) is 5.13 Å². The molecule has 124 valence electrons. The van der Waals surface area contributed by atoms with Crippen LogP contribution >= 0.6 is 11.3 Å². The summed E-state index contributed by atoms with van der Waals surface area (Å²) in [6, 6.07) is 6.11. The van der Waals surface area contributed by atoms with Crippen molar-refractivity contribution in [2.75, 3.05) is 11.9 Å². The normalized spacial score (nSPS) is 14.3. The van der Waals surface area contributed by atoms with Gasteiger partial charge in [-0.3, -0.25) is 19.3 Å². The first-order chi connectivity index (χ1) is 11.4. The van der Waals surface area contributed by atoms with Gasteiger partial charge in [-0.2, -0.15) is 0 Å². The Hall–Kier alpha value is -2.54. The van der Waals surface area contributed by atoms with Crippen molar-refractivity contribution in [2.24, 2.45) is 0 Å². The van der Waals surface area contributed by atoms with E-state index in [9.17, 15) is 14.4 Å². The van der Waals surface area contributed by atoms with Crippen molar-refractivity contribution in [3.8, 4) is 11.3 Å². The molecule has 3 amide bonds. The Bertz CT molecular complexity index is 812. The summed E-state index contributed by atoms with van der Waals surface area (Å²) < 4.78 is 0. The van der Waals surface area contributed by atoms with Crippen molar-refractivity contribution in [1.29, 1.82) is 0 Å². The molecule has 0 spiro atoms. The molecule has 0 aliphatic carbocycles. The maximum Gasteiger partial charge on any atom is 0.246 e. The van der Waals surface area contributed by atoms with E-state index in [-0.39, 0.29) is 31.2 Å². The third-order valence-electron chi connectivity index (χ3n) is 3.86. The van der Waals surface area contributed by atoms with E-state index in [1.807, 2.05) is 31.4 Å². The fourth-order valence-electron chi connectivity index (χ4n) is 2.66. The Morgan fingerprint density at radius 3 is 2.62 bits per heavy atom. The van der Waals surface area contributed by atoms with Crippen LogP contribution in [0.25, 0.3) is 11.3 Å². The third kappa shape index (κ3) is 3.35. The number of aromatic nitrogens is 1. The van der Waals surface area contributed by atoms with Crippen molar-refractivity contribution in [2.45, 2.75) is 26.7 Å². The van der Waals surface area contributed by atoms with Crippen molar-refractivity contribution in [1.82, 2.24) is 9.88 Å². The number of amides is 3. The van der Waals surface area contributed by atoms with Gasteiger partial charge in [-0.05, 0) is 19.4 Å². The Kier molecular flexibility index (Phi) is 4.44. The number of imide groups is 1. The molecule has 1 aliphatic rings. The van der Waals surface area contributed by atoms with E-state index < -0.39 is 5.91 Å². The summed E-state index contributed by atoms with van der Waals surface area (Å²) in [4.78, 5) is 40.5. The molecular weight excluding hydrogens is 326 g/mol. The Morgan fingerprint density at radius 2 is 1.96 bits per heavy atom. The van der Waals surface area contributed by atoms with Crippen LogP contribution in [-0.2, 0) is 14.4 Å². The zero-order valence-corrected chi connectivity index (χ0v) is 14.3. The quantitative estimate of drug-likeness (QED) is 0.865. The number of anilines is 1. The van der Waals surface area contributed by atoms with Crippen LogP contribution in [0.4, 0.5) is 5.13 Å². The molecule has 24 heavy (non-hydrogen) atoms. The first-order valence-corrected chi connectivity index (χ1v) is 8.48. The van der Waals surface area contributed by atoms with Gasteiger partial charge >= 0.3 is 0 Å². The van der Waals surface area contributed by atoms with Crippen LogP contribution in [0.2, 0.25) is 0 Å². The van der Waals surface area contributed by atoms with Crippen LogP contribution in [0.15, 0.2) is 23.6 Å². The number of aryl methyl sites for hydroxylation is 2. The van der Waals surface area contributed by atoms with Gasteiger partial charge in [-0.1, -0.05) is 23.8 Å². The van der Waals surface area contributed by atoms with E-state index in [1.54, 1.807) is 0 Å². The molecule has 1 N–H and O–H groups in total. The highest BCUT2D eigenvalue weighted by molar-refractivity contribution is 7.14. The van der Waals surface area contributed by atoms with E-state index in [1.165, 1.54) is 16.9 Å². The minimum Gasteiger partial charge on any atom is -0.300 e. The Morgan fingerprint density at radius 1 is 1.25 bits per heavy atom. The van der Waals surface area contributed by atoms with Crippen LogP contribution in [0.5, 0.6) is 0 Å². The second kappa shape index (κ2) is 6.52.